The first kappa shape index (κ1) is 15.5. The van der Waals surface area contributed by atoms with Gasteiger partial charge in [0, 0.05) is 20.1 Å². The number of carbonyl (C=O) groups excluding carboxylic acids is 1. The summed E-state index contributed by atoms with van der Waals surface area (Å²) in [4.78, 5) is 12.5. The minimum atomic E-state index is 0.0347. The predicted molar refractivity (Wildman–Crippen MR) is 90.4 cm³/mol. The van der Waals surface area contributed by atoms with Gasteiger partial charge in [-0.1, -0.05) is 76.9 Å². The zero-order chi connectivity index (χ0) is 14.9. The van der Waals surface area contributed by atoms with E-state index in [9.17, 15) is 4.79 Å². The molecule has 0 unspecified atom stereocenters. The van der Waals surface area contributed by atoms with Gasteiger partial charge >= 0.3 is 0 Å². The lowest BCUT2D eigenvalue weighted by molar-refractivity contribution is 0.103. The predicted octanol–water partition coefficient (Wildman–Crippen LogP) is 5.74. The normalized spacial score (nSPS) is 11.4. The van der Waals surface area contributed by atoms with Crippen molar-refractivity contribution in [2.24, 2.45) is 0 Å². The summed E-state index contributed by atoms with van der Waals surface area (Å²) in [6.07, 6.45) is 0. The van der Waals surface area contributed by atoms with Crippen molar-refractivity contribution in [1.29, 1.82) is 0 Å². The van der Waals surface area contributed by atoms with Gasteiger partial charge in [0.2, 0.25) is 0 Å². The van der Waals surface area contributed by atoms with Crippen LogP contribution in [0.5, 0.6) is 0 Å². The first-order valence-electron chi connectivity index (χ1n) is 6.39. The summed E-state index contributed by atoms with van der Waals surface area (Å²) in [5.41, 5.74) is 2.71. The Morgan fingerprint density at radius 2 is 1.35 bits per heavy atom. The molecule has 2 aromatic rings. The van der Waals surface area contributed by atoms with E-state index in [0.717, 1.165) is 8.95 Å². The van der Waals surface area contributed by atoms with Crippen molar-refractivity contribution in [3.05, 3.63) is 68.1 Å². The highest BCUT2D eigenvalue weighted by atomic mass is 79.9. The lowest BCUT2D eigenvalue weighted by Crippen LogP contribution is -2.11. The number of rotatable bonds is 2. The van der Waals surface area contributed by atoms with Gasteiger partial charge in [0.05, 0.1) is 0 Å². The van der Waals surface area contributed by atoms with Gasteiger partial charge in [0.15, 0.2) is 5.78 Å². The Balaban J connectivity index is 2.34. The van der Waals surface area contributed by atoms with E-state index in [1.54, 1.807) is 0 Å². The van der Waals surface area contributed by atoms with E-state index in [0.29, 0.717) is 11.1 Å². The van der Waals surface area contributed by atoms with Gasteiger partial charge < -0.3 is 0 Å². The van der Waals surface area contributed by atoms with Gasteiger partial charge in [0.25, 0.3) is 0 Å². The van der Waals surface area contributed by atoms with E-state index in [1.807, 2.05) is 42.5 Å². The molecule has 20 heavy (non-hydrogen) atoms. The first-order chi connectivity index (χ1) is 9.27. The molecule has 0 bridgehead atoms. The largest absolute Gasteiger partial charge is 0.289 e. The van der Waals surface area contributed by atoms with Gasteiger partial charge in [-0.15, -0.1) is 0 Å². The fraction of sp³-hybridized carbons (Fsp3) is 0.235. The molecule has 0 radical (unpaired) electrons. The van der Waals surface area contributed by atoms with Crippen LogP contribution in [-0.4, -0.2) is 5.78 Å². The molecule has 0 aliphatic heterocycles. The van der Waals surface area contributed by atoms with Crippen molar-refractivity contribution in [2.45, 2.75) is 26.2 Å². The van der Waals surface area contributed by atoms with Crippen LogP contribution in [0.2, 0.25) is 0 Å². The molecule has 0 amide bonds. The summed E-state index contributed by atoms with van der Waals surface area (Å²) < 4.78 is 1.78. The van der Waals surface area contributed by atoms with Crippen molar-refractivity contribution >= 4 is 37.6 Å². The van der Waals surface area contributed by atoms with Gasteiger partial charge in [-0.2, -0.15) is 0 Å². The van der Waals surface area contributed by atoms with Crippen molar-refractivity contribution in [2.75, 3.05) is 0 Å². The molecule has 0 N–H and O–H groups in total. The highest BCUT2D eigenvalue weighted by Crippen LogP contribution is 2.25. The van der Waals surface area contributed by atoms with E-state index in [1.165, 1.54) is 5.56 Å². The molecule has 0 heterocycles. The molecule has 0 fully saturated rings. The van der Waals surface area contributed by atoms with Gasteiger partial charge in [-0.3, -0.25) is 4.79 Å². The van der Waals surface area contributed by atoms with Gasteiger partial charge in [-0.05, 0) is 29.2 Å². The van der Waals surface area contributed by atoms with Crippen molar-refractivity contribution < 1.29 is 4.79 Å². The zero-order valence-electron chi connectivity index (χ0n) is 11.7. The molecule has 0 aromatic heterocycles. The van der Waals surface area contributed by atoms with Crippen LogP contribution in [0.4, 0.5) is 0 Å². The Labute approximate surface area is 136 Å². The van der Waals surface area contributed by atoms with Crippen LogP contribution in [0.25, 0.3) is 0 Å². The molecular weight excluding hydrogens is 380 g/mol. The molecule has 1 nitrogen and oxygen atoms in total. The number of benzene rings is 2. The van der Waals surface area contributed by atoms with E-state index >= 15 is 0 Å². The summed E-state index contributed by atoms with van der Waals surface area (Å²) in [6, 6.07) is 13.4. The third-order valence-corrected chi connectivity index (χ3v) is 4.05. The molecule has 2 aromatic carbocycles. The lowest BCUT2D eigenvalue weighted by Gasteiger charge is -2.19. The molecule has 0 saturated carbocycles. The van der Waals surface area contributed by atoms with E-state index in [-0.39, 0.29) is 11.2 Å². The molecule has 0 spiro atoms. The quantitative estimate of drug-likeness (QED) is 0.592. The van der Waals surface area contributed by atoms with Crippen LogP contribution in [0.15, 0.2) is 51.4 Å². The number of carbonyl (C=O) groups is 1. The molecule has 0 aliphatic carbocycles. The molecule has 2 rings (SSSR count). The Morgan fingerprint density at radius 1 is 0.850 bits per heavy atom. The fourth-order valence-corrected chi connectivity index (χ4v) is 3.27. The Bertz CT molecular complexity index is 617. The van der Waals surface area contributed by atoms with Crippen LogP contribution >= 0.6 is 31.9 Å². The van der Waals surface area contributed by atoms with Crippen molar-refractivity contribution in [3.8, 4) is 0 Å². The molecule has 104 valence electrons. The summed E-state index contributed by atoms with van der Waals surface area (Å²) in [5, 5.41) is 0. The SMILES string of the molecule is CC(C)(C)c1ccc(C(=O)c2cc(Br)cc(Br)c2)cc1. The third-order valence-electron chi connectivity index (χ3n) is 3.14. The minimum absolute atomic E-state index is 0.0347. The lowest BCUT2D eigenvalue weighted by atomic mass is 9.86. The molecular formula is C17H16Br2O. The van der Waals surface area contributed by atoms with Gasteiger partial charge in [0.1, 0.15) is 0 Å². The summed E-state index contributed by atoms with van der Waals surface area (Å²) in [7, 11) is 0. The summed E-state index contributed by atoms with van der Waals surface area (Å²) in [6.45, 7) is 6.49. The van der Waals surface area contributed by atoms with Crippen LogP contribution in [0.3, 0.4) is 0 Å². The first-order valence-corrected chi connectivity index (χ1v) is 7.97. The van der Waals surface area contributed by atoms with Crippen molar-refractivity contribution in [3.63, 3.8) is 0 Å². The summed E-state index contributed by atoms with van der Waals surface area (Å²) >= 11 is 6.82. The Kier molecular flexibility index (Phi) is 4.50. The van der Waals surface area contributed by atoms with E-state index in [4.69, 9.17) is 0 Å². The topological polar surface area (TPSA) is 17.1 Å². The average molecular weight is 396 g/mol. The number of ketones is 1. The van der Waals surface area contributed by atoms with E-state index < -0.39 is 0 Å². The maximum Gasteiger partial charge on any atom is 0.193 e. The van der Waals surface area contributed by atoms with Crippen LogP contribution in [0.1, 0.15) is 42.3 Å². The second-order valence-electron chi connectivity index (χ2n) is 5.81. The van der Waals surface area contributed by atoms with Gasteiger partial charge in [-0.25, -0.2) is 0 Å². The molecule has 0 atom stereocenters. The Hall–Kier alpha value is -0.930. The highest BCUT2D eigenvalue weighted by Gasteiger charge is 2.15. The van der Waals surface area contributed by atoms with E-state index in [2.05, 4.69) is 52.6 Å². The molecule has 3 heteroatoms. The van der Waals surface area contributed by atoms with Crippen molar-refractivity contribution in [1.82, 2.24) is 0 Å². The summed E-state index contributed by atoms with van der Waals surface area (Å²) in [5.74, 6) is 0.0347. The third kappa shape index (κ3) is 3.58. The molecule has 0 aliphatic rings. The maximum absolute atomic E-state index is 12.5. The monoisotopic (exact) mass is 394 g/mol. The van der Waals surface area contributed by atoms with Crippen LogP contribution in [0, 0.1) is 0 Å². The Morgan fingerprint density at radius 3 is 1.80 bits per heavy atom. The maximum atomic E-state index is 12.5. The smallest absolute Gasteiger partial charge is 0.193 e. The average Bonchev–Trinajstić information content (AvgIpc) is 2.36. The van der Waals surface area contributed by atoms with Crippen LogP contribution < -0.4 is 0 Å². The molecule has 0 saturated heterocycles. The number of halogens is 2. The minimum Gasteiger partial charge on any atom is -0.289 e. The fourth-order valence-electron chi connectivity index (χ4n) is 1.97. The zero-order valence-corrected chi connectivity index (χ0v) is 14.9. The number of hydrogen-bond donors (Lipinski definition) is 0. The second kappa shape index (κ2) is 5.82. The standard InChI is InChI=1S/C17H16Br2O/c1-17(2,3)13-6-4-11(5-7-13)16(20)12-8-14(18)10-15(19)9-12/h4-10H,1-3H3. The van der Waals surface area contributed by atoms with Crippen LogP contribution in [-0.2, 0) is 5.41 Å². The second-order valence-corrected chi connectivity index (χ2v) is 7.65. The number of hydrogen-bond acceptors (Lipinski definition) is 1. The highest BCUT2D eigenvalue weighted by molar-refractivity contribution is 9.11.